The number of methoxy groups -OCH3 is 1. The Labute approximate surface area is 261 Å². The number of carbonyl (C=O) groups excluding carboxylic acids is 1. The molecule has 0 spiro atoms. The molecule has 226 valence electrons. The van der Waals surface area contributed by atoms with Gasteiger partial charge in [0.15, 0.2) is 4.80 Å². The molecule has 1 aliphatic heterocycles. The SMILES string of the molecule is CCOC(=O)C1=C(c2ccccc2)N=c2s/c(=C\c3ccc(-c4cccc([N+](=O)[O-])c4C)o3)c(=O)n2[C@@H]1c1ccc(OC)cc1. The van der Waals surface area contributed by atoms with E-state index in [4.69, 9.17) is 18.9 Å². The highest BCUT2D eigenvalue weighted by Crippen LogP contribution is 2.36. The monoisotopic (exact) mass is 621 g/mol. The number of nitro groups is 1. The topological polar surface area (TPSA) is 126 Å². The van der Waals surface area contributed by atoms with E-state index >= 15 is 0 Å². The summed E-state index contributed by atoms with van der Waals surface area (Å²) in [6, 6.07) is 23.9. The van der Waals surface area contributed by atoms with Crippen molar-refractivity contribution < 1.29 is 23.6 Å². The molecular formula is C34H27N3O7S. The number of fused-ring (bicyclic) bond motifs is 1. The van der Waals surface area contributed by atoms with Gasteiger partial charge in [-0.3, -0.25) is 19.5 Å². The van der Waals surface area contributed by atoms with E-state index in [0.29, 0.717) is 54.6 Å². The summed E-state index contributed by atoms with van der Waals surface area (Å²) in [7, 11) is 1.57. The molecule has 0 N–H and O–H groups in total. The highest BCUT2D eigenvalue weighted by atomic mass is 32.1. The summed E-state index contributed by atoms with van der Waals surface area (Å²) in [5, 5.41) is 11.4. The van der Waals surface area contributed by atoms with E-state index in [1.54, 1.807) is 63.4 Å². The zero-order valence-electron chi connectivity index (χ0n) is 24.6. The van der Waals surface area contributed by atoms with Crippen LogP contribution in [0.3, 0.4) is 0 Å². The average Bonchev–Trinajstić information content (AvgIpc) is 3.64. The first-order valence-electron chi connectivity index (χ1n) is 14.1. The first kappa shape index (κ1) is 29.5. The predicted molar refractivity (Wildman–Crippen MR) is 170 cm³/mol. The molecule has 0 radical (unpaired) electrons. The number of rotatable bonds is 8. The maximum absolute atomic E-state index is 14.1. The zero-order chi connectivity index (χ0) is 31.7. The van der Waals surface area contributed by atoms with Crippen molar-refractivity contribution in [2.45, 2.75) is 19.9 Å². The average molecular weight is 622 g/mol. The lowest BCUT2D eigenvalue weighted by Crippen LogP contribution is -2.40. The van der Waals surface area contributed by atoms with E-state index < -0.39 is 16.9 Å². The summed E-state index contributed by atoms with van der Waals surface area (Å²) >= 11 is 1.17. The minimum atomic E-state index is -0.830. The first-order valence-corrected chi connectivity index (χ1v) is 14.9. The van der Waals surface area contributed by atoms with Gasteiger partial charge in [-0.2, -0.15) is 0 Å². The second-order valence-corrected chi connectivity index (χ2v) is 11.1. The Hall–Kier alpha value is -5.55. The molecule has 0 amide bonds. The van der Waals surface area contributed by atoms with E-state index in [9.17, 15) is 19.7 Å². The van der Waals surface area contributed by atoms with Gasteiger partial charge >= 0.3 is 5.97 Å². The molecule has 0 saturated carbocycles. The van der Waals surface area contributed by atoms with Crippen LogP contribution in [0.4, 0.5) is 5.69 Å². The molecule has 10 nitrogen and oxygen atoms in total. The molecule has 5 aromatic rings. The lowest BCUT2D eigenvalue weighted by atomic mass is 9.93. The quantitative estimate of drug-likeness (QED) is 0.129. The molecule has 0 bridgehead atoms. The van der Waals surface area contributed by atoms with Crippen LogP contribution in [0, 0.1) is 17.0 Å². The smallest absolute Gasteiger partial charge is 0.338 e. The molecule has 0 fully saturated rings. The Morgan fingerprint density at radius 2 is 1.82 bits per heavy atom. The second-order valence-electron chi connectivity index (χ2n) is 10.1. The summed E-state index contributed by atoms with van der Waals surface area (Å²) in [6.45, 7) is 3.54. The van der Waals surface area contributed by atoms with Crippen LogP contribution >= 0.6 is 11.3 Å². The van der Waals surface area contributed by atoms with Crippen LogP contribution in [0.1, 0.15) is 35.4 Å². The Kier molecular flexibility index (Phi) is 8.01. The van der Waals surface area contributed by atoms with Crippen LogP contribution in [0.5, 0.6) is 5.75 Å². The van der Waals surface area contributed by atoms with Gasteiger partial charge in [-0.05, 0) is 43.7 Å². The van der Waals surface area contributed by atoms with Gasteiger partial charge in [0.1, 0.15) is 17.3 Å². The summed E-state index contributed by atoms with van der Waals surface area (Å²) in [5.74, 6) is 0.874. The van der Waals surface area contributed by atoms with Crippen LogP contribution in [0.2, 0.25) is 0 Å². The summed E-state index contributed by atoms with van der Waals surface area (Å²) in [5.41, 5.74) is 2.73. The number of carbonyl (C=O) groups is 1. The molecule has 45 heavy (non-hydrogen) atoms. The van der Waals surface area contributed by atoms with Gasteiger partial charge in [-0.15, -0.1) is 0 Å². The lowest BCUT2D eigenvalue weighted by Gasteiger charge is -2.26. The van der Waals surface area contributed by atoms with E-state index in [0.717, 1.165) is 0 Å². The van der Waals surface area contributed by atoms with Gasteiger partial charge in [0.25, 0.3) is 11.2 Å². The molecule has 0 saturated heterocycles. The van der Waals surface area contributed by atoms with Gasteiger partial charge in [0.05, 0.1) is 40.5 Å². The van der Waals surface area contributed by atoms with Crippen LogP contribution in [0.25, 0.3) is 23.1 Å². The number of thiazole rings is 1. The molecule has 3 aromatic carbocycles. The Morgan fingerprint density at radius 1 is 1.07 bits per heavy atom. The van der Waals surface area contributed by atoms with E-state index in [1.807, 2.05) is 42.5 Å². The second kappa shape index (κ2) is 12.2. The molecule has 1 atom stereocenters. The van der Waals surface area contributed by atoms with Crippen molar-refractivity contribution in [2.24, 2.45) is 4.99 Å². The molecule has 0 aliphatic carbocycles. The Balaban J connectivity index is 1.54. The molecular weight excluding hydrogens is 594 g/mol. The predicted octanol–water partition coefficient (Wildman–Crippen LogP) is 5.42. The first-order chi connectivity index (χ1) is 21.8. The van der Waals surface area contributed by atoms with Crippen molar-refractivity contribution in [3.63, 3.8) is 0 Å². The van der Waals surface area contributed by atoms with Crippen molar-refractivity contribution >= 4 is 34.8 Å². The van der Waals surface area contributed by atoms with Crippen LogP contribution in [-0.4, -0.2) is 29.2 Å². The molecule has 1 aliphatic rings. The summed E-state index contributed by atoms with van der Waals surface area (Å²) in [4.78, 5) is 44.0. The van der Waals surface area contributed by atoms with Gasteiger partial charge < -0.3 is 13.9 Å². The largest absolute Gasteiger partial charge is 0.497 e. The van der Waals surface area contributed by atoms with Crippen molar-refractivity contribution in [1.82, 2.24) is 4.57 Å². The molecule has 6 rings (SSSR count). The third-order valence-corrected chi connectivity index (χ3v) is 8.46. The number of hydrogen-bond donors (Lipinski definition) is 0. The summed E-state index contributed by atoms with van der Waals surface area (Å²) < 4.78 is 18.7. The van der Waals surface area contributed by atoms with Crippen LogP contribution in [0.15, 0.2) is 105 Å². The standard InChI is InChI=1S/C34H27N3O7S/c1-4-43-33(39)29-30(21-9-6-5-7-10-21)35-34-36(31(29)22-13-15-23(42-3)16-14-22)32(38)28(45-34)19-24-17-18-27(44-24)25-11-8-12-26(20(25)2)37(40)41/h5-19,31H,4H2,1-3H3/b28-19-/t31-/m1/s1. The van der Waals surface area contributed by atoms with Crippen molar-refractivity contribution in [3.8, 4) is 17.1 Å². The molecule has 0 unspecified atom stereocenters. The minimum absolute atomic E-state index is 0.0103. The number of ether oxygens (including phenoxy) is 2. The molecule has 11 heteroatoms. The summed E-state index contributed by atoms with van der Waals surface area (Å²) in [6.07, 6.45) is 1.61. The number of aromatic nitrogens is 1. The van der Waals surface area contributed by atoms with Crippen molar-refractivity contribution in [3.05, 3.63) is 143 Å². The van der Waals surface area contributed by atoms with Gasteiger partial charge in [-0.1, -0.05) is 65.9 Å². The fourth-order valence-corrected chi connectivity index (χ4v) is 6.32. The highest BCUT2D eigenvalue weighted by Gasteiger charge is 2.35. The van der Waals surface area contributed by atoms with E-state index in [-0.39, 0.29) is 23.4 Å². The maximum atomic E-state index is 14.1. The Bertz CT molecular complexity index is 2140. The van der Waals surface area contributed by atoms with Crippen molar-refractivity contribution in [1.29, 1.82) is 0 Å². The van der Waals surface area contributed by atoms with Gasteiger partial charge in [0, 0.05) is 28.8 Å². The number of esters is 1. The van der Waals surface area contributed by atoms with Gasteiger partial charge in [0.2, 0.25) is 0 Å². The third-order valence-electron chi connectivity index (χ3n) is 7.47. The maximum Gasteiger partial charge on any atom is 0.338 e. The fraction of sp³-hybridized carbons (Fsp3) is 0.147. The van der Waals surface area contributed by atoms with Crippen molar-refractivity contribution in [2.75, 3.05) is 13.7 Å². The number of nitro benzene ring substituents is 1. The number of nitrogens with zero attached hydrogens (tertiary/aromatic N) is 3. The van der Waals surface area contributed by atoms with E-state index in [1.165, 1.54) is 22.0 Å². The molecule has 2 aromatic heterocycles. The Morgan fingerprint density at radius 3 is 2.51 bits per heavy atom. The number of benzene rings is 3. The molecule has 3 heterocycles. The highest BCUT2D eigenvalue weighted by molar-refractivity contribution is 7.07. The minimum Gasteiger partial charge on any atom is -0.497 e. The van der Waals surface area contributed by atoms with Crippen LogP contribution < -0.4 is 19.6 Å². The number of furan rings is 1. The zero-order valence-corrected chi connectivity index (χ0v) is 25.4. The van der Waals surface area contributed by atoms with Crippen LogP contribution in [-0.2, 0) is 9.53 Å². The fourth-order valence-electron chi connectivity index (χ4n) is 5.33. The number of hydrogen-bond acceptors (Lipinski definition) is 9. The lowest BCUT2D eigenvalue weighted by molar-refractivity contribution is -0.385. The third kappa shape index (κ3) is 5.49. The van der Waals surface area contributed by atoms with E-state index in [2.05, 4.69) is 0 Å². The normalized spacial score (nSPS) is 14.6. The van der Waals surface area contributed by atoms with Gasteiger partial charge in [-0.25, -0.2) is 9.79 Å².